The lowest BCUT2D eigenvalue weighted by Gasteiger charge is -2.00. The fourth-order valence-corrected chi connectivity index (χ4v) is 1.65. The van der Waals surface area contributed by atoms with Crippen molar-refractivity contribution >= 4 is 17.9 Å². The van der Waals surface area contributed by atoms with Crippen LogP contribution in [0.25, 0.3) is 12.2 Å². The molecule has 0 aromatic heterocycles. The van der Waals surface area contributed by atoms with Crippen LogP contribution in [0.2, 0.25) is 0 Å². The van der Waals surface area contributed by atoms with Crippen molar-refractivity contribution in [3.8, 4) is 11.5 Å². The lowest BCUT2D eigenvalue weighted by molar-refractivity contribution is -0.110. The molecular weight excluding hydrogens is 252 g/mol. The van der Waals surface area contributed by atoms with Crippen LogP contribution in [0.5, 0.6) is 11.5 Å². The second-order valence-electron chi connectivity index (χ2n) is 4.19. The number of phenolic OH excluding ortho intramolecular Hbond substituents is 2. The Morgan fingerprint density at radius 1 is 0.850 bits per heavy atom. The first kappa shape index (κ1) is 13.6. The molecule has 0 aliphatic carbocycles. The zero-order valence-electron chi connectivity index (χ0n) is 10.7. The van der Waals surface area contributed by atoms with Crippen LogP contribution in [0.3, 0.4) is 0 Å². The van der Waals surface area contributed by atoms with Crippen LogP contribution >= 0.6 is 0 Å². The Bertz CT molecular complexity index is 655. The summed E-state index contributed by atoms with van der Waals surface area (Å²) in [5.74, 6) is -0.639. The van der Waals surface area contributed by atoms with E-state index < -0.39 is 0 Å². The number of para-hydroxylation sites is 1. The first-order valence-corrected chi connectivity index (χ1v) is 6.13. The molecule has 0 heterocycles. The maximum absolute atomic E-state index is 11.7. The van der Waals surface area contributed by atoms with Crippen LogP contribution in [-0.2, 0) is 4.79 Å². The molecule has 0 bridgehead atoms. The number of ketones is 1. The summed E-state index contributed by atoms with van der Waals surface area (Å²) < 4.78 is 0. The van der Waals surface area contributed by atoms with Crippen molar-refractivity contribution in [2.24, 2.45) is 0 Å². The lowest BCUT2D eigenvalue weighted by Crippen LogP contribution is -1.85. The largest absolute Gasteiger partial charge is 0.504 e. The zero-order chi connectivity index (χ0) is 14.4. The predicted molar refractivity (Wildman–Crippen MR) is 79.3 cm³/mol. The molecule has 0 saturated carbocycles. The molecule has 2 rings (SSSR count). The monoisotopic (exact) mass is 266 g/mol. The minimum Gasteiger partial charge on any atom is -0.504 e. The summed E-state index contributed by atoms with van der Waals surface area (Å²) in [6, 6.07) is 14.1. The number of phenols is 2. The van der Waals surface area contributed by atoms with Crippen LogP contribution in [0.15, 0.2) is 60.7 Å². The van der Waals surface area contributed by atoms with Gasteiger partial charge in [0, 0.05) is 5.56 Å². The topological polar surface area (TPSA) is 57.5 Å². The van der Waals surface area contributed by atoms with Gasteiger partial charge in [-0.2, -0.15) is 0 Å². The Labute approximate surface area is 117 Å². The van der Waals surface area contributed by atoms with Crippen molar-refractivity contribution in [1.29, 1.82) is 0 Å². The average molecular weight is 266 g/mol. The third-order valence-corrected chi connectivity index (χ3v) is 2.71. The molecule has 0 radical (unpaired) electrons. The van der Waals surface area contributed by atoms with Gasteiger partial charge in [0.1, 0.15) is 0 Å². The molecule has 0 saturated heterocycles. The number of allylic oxidation sites excluding steroid dienone is 2. The highest BCUT2D eigenvalue weighted by Crippen LogP contribution is 2.28. The third-order valence-electron chi connectivity index (χ3n) is 2.71. The van der Waals surface area contributed by atoms with Crippen molar-refractivity contribution in [3.05, 3.63) is 71.8 Å². The van der Waals surface area contributed by atoms with E-state index in [0.717, 1.165) is 5.56 Å². The van der Waals surface area contributed by atoms with Crippen LogP contribution in [0.4, 0.5) is 0 Å². The smallest absolute Gasteiger partial charge is 0.178 e. The molecule has 0 atom stereocenters. The number of aromatic hydroxyl groups is 2. The standard InChI is InChI=1S/C17H14O3/c18-15(11-9-13-5-2-1-3-6-13)12-10-14-7-4-8-16(19)17(14)20/h1-12,19-20H/b11-9+,12-10+. The summed E-state index contributed by atoms with van der Waals surface area (Å²) in [5.41, 5.74) is 1.33. The van der Waals surface area contributed by atoms with E-state index >= 15 is 0 Å². The molecule has 2 aromatic rings. The number of rotatable bonds is 4. The van der Waals surface area contributed by atoms with E-state index in [-0.39, 0.29) is 17.3 Å². The molecule has 2 aromatic carbocycles. The fraction of sp³-hybridized carbons (Fsp3) is 0. The van der Waals surface area contributed by atoms with Crippen molar-refractivity contribution in [1.82, 2.24) is 0 Å². The Kier molecular flexibility index (Phi) is 4.35. The van der Waals surface area contributed by atoms with Gasteiger partial charge in [-0.05, 0) is 29.9 Å². The molecule has 2 N–H and O–H groups in total. The molecule has 3 nitrogen and oxygen atoms in total. The van der Waals surface area contributed by atoms with Crippen LogP contribution in [0.1, 0.15) is 11.1 Å². The number of benzene rings is 2. The zero-order valence-corrected chi connectivity index (χ0v) is 10.7. The van der Waals surface area contributed by atoms with E-state index in [9.17, 15) is 15.0 Å². The molecule has 3 heteroatoms. The number of carbonyl (C=O) groups excluding carboxylic acids is 1. The highest BCUT2D eigenvalue weighted by Gasteiger charge is 2.02. The summed E-state index contributed by atoms with van der Waals surface area (Å²) in [6.45, 7) is 0. The molecule has 0 fully saturated rings. The Balaban J connectivity index is 2.06. The summed E-state index contributed by atoms with van der Waals surface area (Å²) in [7, 11) is 0. The molecule has 0 amide bonds. The first-order valence-electron chi connectivity index (χ1n) is 6.13. The second kappa shape index (κ2) is 6.38. The molecule has 0 unspecified atom stereocenters. The van der Waals surface area contributed by atoms with Crippen LogP contribution in [0, 0.1) is 0 Å². The maximum atomic E-state index is 11.7. The predicted octanol–water partition coefficient (Wildman–Crippen LogP) is 3.39. The summed E-state index contributed by atoms with van der Waals surface area (Å²) >= 11 is 0. The summed E-state index contributed by atoms with van der Waals surface area (Å²) in [4.78, 5) is 11.7. The molecule has 20 heavy (non-hydrogen) atoms. The van der Waals surface area contributed by atoms with Crippen molar-refractivity contribution < 1.29 is 15.0 Å². The lowest BCUT2D eigenvalue weighted by atomic mass is 10.1. The van der Waals surface area contributed by atoms with E-state index in [0.29, 0.717) is 5.56 Å². The maximum Gasteiger partial charge on any atom is 0.178 e. The number of carbonyl (C=O) groups is 1. The fourth-order valence-electron chi connectivity index (χ4n) is 1.65. The van der Waals surface area contributed by atoms with E-state index in [2.05, 4.69) is 0 Å². The Morgan fingerprint density at radius 3 is 2.30 bits per heavy atom. The molecule has 0 spiro atoms. The average Bonchev–Trinajstić information content (AvgIpc) is 2.48. The SMILES string of the molecule is O=C(/C=C/c1ccccc1)/C=C/c1cccc(O)c1O. The van der Waals surface area contributed by atoms with Crippen LogP contribution in [-0.4, -0.2) is 16.0 Å². The van der Waals surface area contributed by atoms with E-state index in [1.807, 2.05) is 30.3 Å². The molecule has 0 aliphatic heterocycles. The van der Waals surface area contributed by atoms with Gasteiger partial charge in [0.2, 0.25) is 0 Å². The summed E-state index contributed by atoms with van der Waals surface area (Å²) in [5, 5.41) is 18.9. The molecule has 0 aliphatic rings. The quantitative estimate of drug-likeness (QED) is 0.658. The minimum absolute atomic E-state index is 0.198. The first-order chi connectivity index (χ1) is 9.66. The normalized spacial score (nSPS) is 11.2. The molecule has 100 valence electrons. The van der Waals surface area contributed by atoms with Gasteiger partial charge in [0.15, 0.2) is 17.3 Å². The van der Waals surface area contributed by atoms with Crippen molar-refractivity contribution in [2.75, 3.05) is 0 Å². The highest BCUT2D eigenvalue weighted by atomic mass is 16.3. The van der Waals surface area contributed by atoms with Gasteiger partial charge in [-0.1, -0.05) is 48.5 Å². The van der Waals surface area contributed by atoms with Gasteiger partial charge in [0.05, 0.1) is 0 Å². The van der Waals surface area contributed by atoms with E-state index in [1.165, 1.54) is 24.3 Å². The number of hydrogen-bond acceptors (Lipinski definition) is 3. The summed E-state index contributed by atoms with van der Waals surface area (Å²) in [6.07, 6.45) is 5.97. The van der Waals surface area contributed by atoms with Crippen LogP contribution < -0.4 is 0 Å². The van der Waals surface area contributed by atoms with Crippen molar-refractivity contribution in [2.45, 2.75) is 0 Å². The van der Waals surface area contributed by atoms with Gasteiger partial charge < -0.3 is 10.2 Å². The third kappa shape index (κ3) is 3.59. The number of hydrogen-bond donors (Lipinski definition) is 2. The van der Waals surface area contributed by atoms with E-state index in [4.69, 9.17) is 0 Å². The minimum atomic E-state index is -0.233. The van der Waals surface area contributed by atoms with Gasteiger partial charge >= 0.3 is 0 Å². The van der Waals surface area contributed by atoms with Gasteiger partial charge in [-0.25, -0.2) is 0 Å². The molecular formula is C17H14O3. The van der Waals surface area contributed by atoms with Gasteiger partial charge in [-0.15, -0.1) is 0 Å². The Hall–Kier alpha value is -2.81. The van der Waals surface area contributed by atoms with Gasteiger partial charge in [-0.3, -0.25) is 4.79 Å². The highest BCUT2D eigenvalue weighted by molar-refractivity contribution is 6.04. The Morgan fingerprint density at radius 2 is 1.55 bits per heavy atom. The van der Waals surface area contributed by atoms with E-state index in [1.54, 1.807) is 18.2 Å². The van der Waals surface area contributed by atoms with Crippen molar-refractivity contribution in [3.63, 3.8) is 0 Å². The van der Waals surface area contributed by atoms with Gasteiger partial charge in [0.25, 0.3) is 0 Å². The second-order valence-corrected chi connectivity index (χ2v) is 4.19.